The predicted octanol–water partition coefficient (Wildman–Crippen LogP) is 7.01. The minimum atomic E-state index is -3.39. The van der Waals surface area contributed by atoms with Gasteiger partial charge in [0.05, 0.1) is 17.8 Å². The number of nitrogens with zero attached hydrogens (tertiary/aromatic N) is 3. The molecule has 3 atom stereocenters. The van der Waals surface area contributed by atoms with Gasteiger partial charge in [-0.1, -0.05) is 18.2 Å². The highest BCUT2D eigenvalue weighted by atomic mass is 19.3. The maximum absolute atomic E-state index is 15.1. The maximum atomic E-state index is 15.1. The van der Waals surface area contributed by atoms with E-state index in [0.717, 1.165) is 36.6 Å². The summed E-state index contributed by atoms with van der Waals surface area (Å²) in [7, 11) is 0. The van der Waals surface area contributed by atoms with E-state index in [-0.39, 0.29) is 30.1 Å². The number of ether oxygens (including phenoxy) is 1. The van der Waals surface area contributed by atoms with Gasteiger partial charge in [0.25, 0.3) is 12.3 Å². The Hall–Kier alpha value is -4.35. The summed E-state index contributed by atoms with van der Waals surface area (Å²) in [6, 6.07) is 12.7. The van der Waals surface area contributed by atoms with Crippen molar-refractivity contribution in [3.05, 3.63) is 101 Å². The smallest absolute Gasteiger partial charge is 0.293 e. The van der Waals surface area contributed by atoms with Gasteiger partial charge in [-0.05, 0) is 73.1 Å². The average molecular weight is 613 g/mol. The second-order valence-electron chi connectivity index (χ2n) is 11.6. The van der Waals surface area contributed by atoms with E-state index in [0.29, 0.717) is 21.7 Å². The third kappa shape index (κ3) is 5.30. The van der Waals surface area contributed by atoms with Crippen LogP contribution < -0.4 is 10.1 Å². The fraction of sp³-hybridized carbons (Fsp3) is 0.344. The maximum Gasteiger partial charge on any atom is 0.293 e. The number of halogens is 6. The number of pyridine rings is 1. The molecule has 6 nitrogen and oxygen atoms in total. The number of nitrogens with one attached hydrogen (secondary N) is 1. The summed E-state index contributed by atoms with van der Waals surface area (Å²) in [6.45, 7) is -0.756. The Morgan fingerprint density at radius 2 is 1.77 bits per heavy atom. The first kappa shape index (κ1) is 28.4. The second kappa shape index (κ2) is 10.7. The summed E-state index contributed by atoms with van der Waals surface area (Å²) < 4.78 is 92.3. The van der Waals surface area contributed by atoms with E-state index in [4.69, 9.17) is 4.74 Å². The van der Waals surface area contributed by atoms with Gasteiger partial charge in [0.2, 0.25) is 5.91 Å². The third-order valence-electron chi connectivity index (χ3n) is 8.32. The van der Waals surface area contributed by atoms with Crippen LogP contribution in [0.25, 0.3) is 11.1 Å². The lowest BCUT2D eigenvalue weighted by Gasteiger charge is -2.22. The van der Waals surface area contributed by atoms with Crippen molar-refractivity contribution in [3.8, 4) is 16.9 Å². The molecule has 2 aromatic heterocycles. The number of hydrogen-bond donors (Lipinski definition) is 1. The summed E-state index contributed by atoms with van der Waals surface area (Å²) in [5.41, 5.74) is 0.350. The minimum absolute atomic E-state index is 0.0972. The molecule has 3 aliphatic carbocycles. The zero-order chi connectivity index (χ0) is 30.7. The molecule has 4 aromatic rings. The number of carbonyl (C=O) groups excluding carboxylic acids is 1. The third-order valence-corrected chi connectivity index (χ3v) is 8.32. The molecule has 12 heteroatoms. The topological polar surface area (TPSA) is 69.0 Å². The normalized spacial score (nSPS) is 20.2. The highest BCUT2D eigenvalue weighted by Gasteiger charge is 2.67. The van der Waals surface area contributed by atoms with Crippen LogP contribution in [0.5, 0.6) is 5.75 Å². The van der Waals surface area contributed by atoms with Crippen LogP contribution in [0.4, 0.5) is 26.3 Å². The van der Waals surface area contributed by atoms with Gasteiger partial charge in [0.1, 0.15) is 35.3 Å². The molecular formula is C32H26F6N4O2. The van der Waals surface area contributed by atoms with Crippen molar-refractivity contribution in [2.24, 2.45) is 5.92 Å². The minimum Gasteiger partial charge on any atom is -0.490 e. The molecule has 2 saturated carbocycles. The van der Waals surface area contributed by atoms with Gasteiger partial charge in [-0.15, -0.1) is 0 Å². The van der Waals surface area contributed by atoms with Gasteiger partial charge in [0, 0.05) is 29.3 Å². The molecule has 3 aliphatic rings. The fourth-order valence-corrected chi connectivity index (χ4v) is 6.16. The molecular weight excluding hydrogens is 586 g/mol. The standard InChI is InChI=1S/C32H26F6N4O2/c33-18-10-16(11-19(34)13-18)12-25(28-22(2-1-9-39-28)17-3-5-20(6-4-17)44-21-7-8-21)40-26(43)15-42-30-27(29(41-42)31(35)36)23-14-24(23)32(30,37)38/h1-6,9-11,13,21,23-25,31H,7-8,12,14-15H2,(H,40,43). The van der Waals surface area contributed by atoms with Crippen LogP contribution in [0.3, 0.4) is 0 Å². The Labute approximate surface area is 248 Å². The monoisotopic (exact) mass is 612 g/mol. The van der Waals surface area contributed by atoms with Crippen molar-refractivity contribution in [1.82, 2.24) is 20.1 Å². The quantitative estimate of drug-likeness (QED) is 0.196. The van der Waals surface area contributed by atoms with Gasteiger partial charge in [-0.25, -0.2) is 17.6 Å². The molecule has 0 bridgehead atoms. The molecule has 2 fully saturated rings. The highest BCUT2D eigenvalue weighted by Crippen LogP contribution is 2.68. The Morgan fingerprint density at radius 3 is 2.45 bits per heavy atom. The number of fused-ring (bicyclic) bond motifs is 3. The molecule has 2 heterocycles. The highest BCUT2D eigenvalue weighted by molar-refractivity contribution is 5.77. The Morgan fingerprint density at radius 1 is 1.05 bits per heavy atom. The second-order valence-corrected chi connectivity index (χ2v) is 11.6. The number of aromatic nitrogens is 3. The summed E-state index contributed by atoms with van der Waals surface area (Å²) in [4.78, 5) is 17.9. The SMILES string of the molecule is O=C(Cn1nc(C(F)F)c2c1C(F)(F)C1CC21)NC(Cc1cc(F)cc(F)c1)c1ncccc1-c1ccc(OC2CC2)cc1. The summed E-state index contributed by atoms with van der Waals surface area (Å²) >= 11 is 0. The number of rotatable bonds is 10. The van der Waals surface area contributed by atoms with Crippen molar-refractivity contribution in [2.75, 3.05) is 0 Å². The van der Waals surface area contributed by atoms with Crippen LogP contribution in [-0.4, -0.2) is 26.8 Å². The molecule has 0 radical (unpaired) electrons. The van der Waals surface area contributed by atoms with Crippen molar-refractivity contribution in [1.29, 1.82) is 0 Å². The molecule has 0 spiro atoms. The van der Waals surface area contributed by atoms with E-state index in [1.54, 1.807) is 12.1 Å². The van der Waals surface area contributed by atoms with Crippen LogP contribution in [0.15, 0.2) is 60.8 Å². The molecule has 1 N–H and O–H groups in total. The van der Waals surface area contributed by atoms with E-state index < -0.39 is 65.7 Å². The van der Waals surface area contributed by atoms with Crippen molar-refractivity contribution >= 4 is 5.91 Å². The molecule has 0 aliphatic heterocycles. The van der Waals surface area contributed by atoms with Crippen molar-refractivity contribution in [2.45, 2.75) is 62.6 Å². The van der Waals surface area contributed by atoms with Gasteiger partial charge in [-0.2, -0.15) is 13.9 Å². The molecule has 44 heavy (non-hydrogen) atoms. The van der Waals surface area contributed by atoms with E-state index in [2.05, 4.69) is 15.4 Å². The Balaban J connectivity index is 1.21. The van der Waals surface area contributed by atoms with Crippen LogP contribution >= 0.6 is 0 Å². The molecule has 7 rings (SSSR count). The number of carbonyl (C=O) groups is 1. The van der Waals surface area contributed by atoms with E-state index in [1.807, 2.05) is 24.3 Å². The van der Waals surface area contributed by atoms with Crippen molar-refractivity contribution < 1.29 is 35.9 Å². The number of benzene rings is 2. The Kier molecular flexibility index (Phi) is 6.89. The predicted molar refractivity (Wildman–Crippen MR) is 146 cm³/mol. The zero-order valence-electron chi connectivity index (χ0n) is 23.1. The first-order valence-corrected chi connectivity index (χ1v) is 14.3. The molecule has 1 amide bonds. The van der Waals surface area contributed by atoms with E-state index >= 15 is 8.78 Å². The molecule has 228 valence electrons. The lowest BCUT2D eigenvalue weighted by Crippen LogP contribution is -2.35. The number of hydrogen-bond acceptors (Lipinski definition) is 4. The van der Waals surface area contributed by atoms with E-state index in [9.17, 15) is 22.4 Å². The lowest BCUT2D eigenvalue weighted by molar-refractivity contribution is -0.123. The molecule has 0 saturated heterocycles. The molecule has 3 unspecified atom stereocenters. The van der Waals surface area contributed by atoms with Crippen LogP contribution in [0.2, 0.25) is 0 Å². The fourth-order valence-electron chi connectivity index (χ4n) is 6.16. The number of alkyl halides is 4. The zero-order valence-corrected chi connectivity index (χ0v) is 23.1. The summed E-state index contributed by atoms with van der Waals surface area (Å²) in [6.07, 6.45) is 0.625. The van der Waals surface area contributed by atoms with Gasteiger partial charge >= 0.3 is 0 Å². The first-order chi connectivity index (χ1) is 21.1. The first-order valence-electron chi connectivity index (χ1n) is 14.3. The molecule has 2 aromatic carbocycles. The summed E-state index contributed by atoms with van der Waals surface area (Å²) in [5, 5.41) is 6.47. The van der Waals surface area contributed by atoms with Gasteiger partial charge in [-0.3, -0.25) is 14.5 Å². The van der Waals surface area contributed by atoms with Crippen LogP contribution in [-0.2, 0) is 23.7 Å². The van der Waals surface area contributed by atoms with Gasteiger partial charge < -0.3 is 10.1 Å². The van der Waals surface area contributed by atoms with Crippen molar-refractivity contribution in [3.63, 3.8) is 0 Å². The van der Waals surface area contributed by atoms with Gasteiger partial charge in [0.15, 0.2) is 0 Å². The lowest BCUT2D eigenvalue weighted by atomic mass is 9.95. The largest absolute Gasteiger partial charge is 0.490 e. The van der Waals surface area contributed by atoms with Crippen LogP contribution in [0.1, 0.15) is 65.9 Å². The Bertz CT molecular complexity index is 1720. The summed E-state index contributed by atoms with van der Waals surface area (Å²) in [5.74, 6) is -6.90. The number of amides is 1. The van der Waals surface area contributed by atoms with Crippen LogP contribution in [0, 0.1) is 17.6 Å². The average Bonchev–Trinajstić information content (AvgIpc) is 3.89. The van der Waals surface area contributed by atoms with E-state index in [1.165, 1.54) is 6.20 Å².